The maximum absolute atomic E-state index is 11.0. The molecule has 0 amide bonds. The van der Waals surface area contributed by atoms with E-state index in [1.807, 2.05) is 11.6 Å². The molecule has 5 nitrogen and oxygen atoms in total. The first-order valence-corrected chi connectivity index (χ1v) is 7.26. The fourth-order valence-corrected chi connectivity index (χ4v) is 2.14. The molecule has 2 N–H and O–H groups in total. The number of aliphatic carboxylic acids is 1. The largest absolute Gasteiger partial charge is 0.481 e. The van der Waals surface area contributed by atoms with Crippen LogP contribution in [0, 0.1) is 19.3 Å². The Kier molecular flexibility index (Phi) is 5.74. The summed E-state index contributed by atoms with van der Waals surface area (Å²) in [5, 5.41) is 16.9. The molecule has 20 heavy (non-hydrogen) atoms. The molecular weight excluding hydrogens is 254 g/mol. The fraction of sp³-hybridized carbons (Fsp3) is 0.733. The number of nitrogens with one attached hydrogen (secondary N) is 1. The highest BCUT2D eigenvalue weighted by Gasteiger charge is 2.26. The van der Waals surface area contributed by atoms with Gasteiger partial charge in [-0.2, -0.15) is 5.10 Å². The summed E-state index contributed by atoms with van der Waals surface area (Å²) in [7, 11) is 0. The van der Waals surface area contributed by atoms with Crippen LogP contribution >= 0.6 is 0 Å². The zero-order chi connectivity index (χ0) is 15.3. The van der Waals surface area contributed by atoms with Crippen molar-refractivity contribution in [2.24, 2.45) is 5.41 Å². The number of carboxylic acids is 1. The summed E-state index contributed by atoms with van der Waals surface area (Å²) >= 11 is 0. The molecule has 0 atom stereocenters. The first kappa shape index (κ1) is 16.7. The SMILES string of the molecule is CCCn1nc(C)c(CNCCC(C)(C)C(=O)O)c1C. The standard InChI is InChI=1S/C15H27N3O2/c1-6-9-18-12(3)13(11(2)17-18)10-16-8-7-15(4,5)14(19)20/h16H,6-10H2,1-5H3,(H,19,20). The Bertz CT molecular complexity index is 464. The minimum atomic E-state index is -0.748. The molecule has 0 radical (unpaired) electrons. The van der Waals surface area contributed by atoms with Crippen LogP contribution in [0.2, 0.25) is 0 Å². The summed E-state index contributed by atoms with van der Waals surface area (Å²) in [6.07, 6.45) is 1.69. The van der Waals surface area contributed by atoms with Gasteiger partial charge in [0.15, 0.2) is 0 Å². The normalized spacial score (nSPS) is 11.8. The number of carbonyl (C=O) groups is 1. The van der Waals surface area contributed by atoms with E-state index in [1.54, 1.807) is 13.8 Å². The number of carboxylic acid groups (broad SMARTS) is 1. The lowest BCUT2D eigenvalue weighted by atomic mass is 9.90. The van der Waals surface area contributed by atoms with E-state index >= 15 is 0 Å². The molecule has 0 aliphatic rings. The van der Waals surface area contributed by atoms with Gasteiger partial charge in [0.05, 0.1) is 11.1 Å². The highest BCUT2D eigenvalue weighted by atomic mass is 16.4. The van der Waals surface area contributed by atoms with Crippen molar-refractivity contribution in [1.29, 1.82) is 0 Å². The monoisotopic (exact) mass is 281 g/mol. The number of aromatic nitrogens is 2. The second-order valence-corrected chi connectivity index (χ2v) is 5.99. The third kappa shape index (κ3) is 4.07. The molecule has 0 aliphatic carbocycles. The van der Waals surface area contributed by atoms with Crippen LogP contribution in [0.15, 0.2) is 0 Å². The Labute approximate surface area is 121 Å². The van der Waals surface area contributed by atoms with Crippen molar-refractivity contribution < 1.29 is 9.90 Å². The van der Waals surface area contributed by atoms with Gasteiger partial charge in [0, 0.05) is 24.3 Å². The van der Waals surface area contributed by atoms with Crippen molar-refractivity contribution in [3.63, 3.8) is 0 Å². The van der Waals surface area contributed by atoms with E-state index in [-0.39, 0.29) is 0 Å². The molecule has 0 spiro atoms. The van der Waals surface area contributed by atoms with Gasteiger partial charge in [-0.1, -0.05) is 6.92 Å². The zero-order valence-electron chi connectivity index (χ0n) is 13.3. The van der Waals surface area contributed by atoms with Gasteiger partial charge < -0.3 is 10.4 Å². The molecule has 0 aliphatic heterocycles. The average Bonchev–Trinajstić information content (AvgIpc) is 2.61. The highest BCUT2D eigenvalue weighted by Crippen LogP contribution is 2.19. The van der Waals surface area contributed by atoms with E-state index in [1.165, 1.54) is 11.3 Å². The van der Waals surface area contributed by atoms with Crippen LogP contribution in [-0.2, 0) is 17.9 Å². The molecule has 1 aromatic heterocycles. The summed E-state index contributed by atoms with van der Waals surface area (Å²) in [6.45, 7) is 12.2. The van der Waals surface area contributed by atoms with Gasteiger partial charge in [0.2, 0.25) is 0 Å². The number of hydrogen-bond acceptors (Lipinski definition) is 3. The van der Waals surface area contributed by atoms with E-state index in [0.29, 0.717) is 13.0 Å². The van der Waals surface area contributed by atoms with E-state index in [0.717, 1.165) is 25.2 Å². The summed E-state index contributed by atoms with van der Waals surface area (Å²) < 4.78 is 2.05. The molecule has 0 bridgehead atoms. The molecule has 5 heteroatoms. The van der Waals surface area contributed by atoms with Gasteiger partial charge >= 0.3 is 5.97 Å². The lowest BCUT2D eigenvalue weighted by molar-refractivity contribution is -0.147. The quantitative estimate of drug-likeness (QED) is 0.718. The predicted molar refractivity (Wildman–Crippen MR) is 79.7 cm³/mol. The van der Waals surface area contributed by atoms with E-state index in [4.69, 9.17) is 5.11 Å². The predicted octanol–water partition coefficient (Wildman–Crippen LogP) is 2.50. The minimum Gasteiger partial charge on any atom is -0.481 e. The van der Waals surface area contributed by atoms with Crippen LogP contribution in [0.4, 0.5) is 0 Å². The van der Waals surface area contributed by atoms with E-state index < -0.39 is 11.4 Å². The van der Waals surface area contributed by atoms with Crippen molar-refractivity contribution >= 4 is 5.97 Å². The molecule has 0 fully saturated rings. The number of rotatable bonds is 8. The second kappa shape index (κ2) is 6.88. The second-order valence-electron chi connectivity index (χ2n) is 5.99. The molecule has 1 heterocycles. The summed E-state index contributed by atoms with van der Waals surface area (Å²) in [6, 6.07) is 0. The summed E-state index contributed by atoms with van der Waals surface area (Å²) in [5.41, 5.74) is 2.81. The molecule has 0 saturated carbocycles. The van der Waals surface area contributed by atoms with Gasteiger partial charge in [-0.3, -0.25) is 9.48 Å². The smallest absolute Gasteiger partial charge is 0.309 e. The maximum atomic E-state index is 11.0. The van der Waals surface area contributed by atoms with Crippen molar-refractivity contribution in [3.05, 3.63) is 17.0 Å². The number of aryl methyl sites for hydroxylation is 2. The zero-order valence-corrected chi connectivity index (χ0v) is 13.3. The minimum absolute atomic E-state index is 0.615. The van der Waals surface area contributed by atoms with Crippen LogP contribution in [0.3, 0.4) is 0 Å². The molecule has 0 saturated heterocycles. The van der Waals surface area contributed by atoms with Crippen molar-refractivity contribution in [3.8, 4) is 0 Å². The Balaban J connectivity index is 2.53. The van der Waals surface area contributed by atoms with Gasteiger partial charge in [0.1, 0.15) is 0 Å². The maximum Gasteiger partial charge on any atom is 0.309 e. The van der Waals surface area contributed by atoms with Crippen molar-refractivity contribution in [1.82, 2.24) is 15.1 Å². The summed E-state index contributed by atoms with van der Waals surface area (Å²) in [4.78, 5) is 11.0. The Morgan fingerprint density at radius 2 is 2.05 bits per heavy atom. The topological polar surface area (TPSA) is 67.2 Å². The van der Waals surface area contributed by atoms with Gasteiger partial charge in [0.25, 0.3) is 0 Å². The molecule has 1 rings (SSSR count). The lowest BCUT2D eigenvalue weighted by Gasteiger charge is -2.19. The van der Waals surface area contributed by atoms with Gasteiger partial charge in [-0.25, -0.2) is 0 Å². The fourth-order valence-electron chi connectivity index (χ4n) is 2.14. The Morgan fingerprint density at radius 1 is 1.40 bits per heavy atom. The molecule has 0 unspecified atom stereocenters. The lowest BCUT2D eigenvalue weighted by Crippen LogP contribution is -2.29. The van der Waals surface area contributed by atoms with Crippen LogP contribution < -0.4 is 5.32 Å². The van der Waals surface area contributed by atoms with Crippen LogP contribution in [0.5, 0.6) is 0 Å². The Morgan fingerprint density at radius 3 is 2.60 bits per heavy atom. The third-order valence-electron chi connectivity index (χ3n) is 3.77. The third-order valence-corrected chi connectivity index (χ3v) is 3.77. The molecule has 114 valence electrons. The van der Waals surface area contributed by atoms with E-state index in [9.17, 15) is 4.79 Å². The Hall–Kier alpha value is -1.36. The van der Waals surface area contributed by atoms with Crippen LogP contribution in [0.1, 0.15) is 50.6 Å². The number of hydrogen-bond donors (Lipinski definition) is 2. The molecule has 0 aromatic carbocycles. The van der Waals surface area contributed by atoms with Crippen molar-refractivity contribution in [2.75, 3.05) is 6.54 Å². The molecular formula is C15H27N3O2. The van der Waals surface area contributed by atoms with Crippen LogP contribution in [-0.4, -0.2) is 27.4 Å². The first-order chi connectivity index (χ1) is 9.29. The highest BCUT2D eigenvalue weighted by molar-refractivity contribution is 5.73. The number of nitrogens with zero attached hydrogens (tertiary/aromatic N) is 2. The van der Waals surface area contributed by atoms with Crippen molar-refractivity contribution in [2.45, 2.75) is 60.5 Å². The van der Waals surface area contributed by atoms with Gasteiger partial charge in [-0.15, -0.1) is 0 Å². The van der Waals surface area contributed by atoms with Gasteiger partial charge in [-0.05, 0) is 47.1 Å². The molecule has 1 aromatic rings. The first-order valence-electron chi connectivity index (χ1n) is 7.26. The summed E-state index contributed by atoms with van der Waals surface area (Å²) in [5.74, 6) is -0.748. The van der Waals surface area contributed by atoms with E-state index in [2.05, 4.69) is 24.3 Å². The van der Waals surface area contributed by atoms with Crippen LogP contribution in [0.25, 0.3) is 0 Å². The average molecular weight is 281 g/mol.